The van der Waals surface area contributed by atoms with Crippen LogP contribution in [0.4, 0.5) is 0 Å². The maximum Gasteiger partial charge on any atom is 0.345 e. The summed E-state index contributed by atoms with van der Waals surface area (Å²) in [5, 5.41) is 0.790. The van der Waals surface area contributed by atoms with Crippen molar-refractivity contribution in [3.05, 3.63) is 75.8 Å². The lowest BCUT2D eigenvalue weighted by Crippen LogP contribution is -2.45. The first kappa shape index (κ1) is 11.4. The lowest BCUT2D eigenvalue weighted by atomic mass is 10.00. The SMILES string of the molecule is C[n+]1c2n(c(=O)c3ccccc31)Cc1ccccc1C2. The van der Waals surface area contributed by atoms with Crippen LogP contribution in [0, 0.1) is 0 Å². The standard InChI is InChI=1S/C17H15N2O/c1-18-15-9-5-4-8-14(15)17(20)19-11-13-7-3-2-6-12(13)10-16(18)19/h2-9H,10-11H2,1H3/q+1. The van der Waals surface area contributed by atoms with Gasteiger partial charge in [0.1, 0.15) is 17.4 Å². The first-order chi connectivity index (χ1) is 9.75. The van der Waals surface area contributed by atoms with E-state index in [9.17, 15) is 4.79 Å². The van der Waals surface area contributed by atoms with Gasteiger partial charge in [0.15, 0.2) is 0 Å². The minimum atomic E-state index is 0.114. The maximum atomic E-state index is 12.7. The van der Waals surface area contributed by atoms with Crippen LogP contribution in [0.5, 0.6) is 0 Å². The van der Waals surface area contributed by atoms with Crippen LogP contribution in [-0.4, -0.2) is 4.57 Å². The van der Waals surface area contributed by atoms with E-state index in [2.05, 4.69) is 22.8 Å². The number of benzene rings is 2. The highest BCUT2D eigenvalue weighted by Crippen LogP contribution is 2.19. The van der Waals surface area contributed by atoms with E-state index in [1.165, 1.54) is 11.1 Å². The molecule has 0 saturated heterocycles. The number of nitrogens with zero attached hydrogens (tertiary/aromatic N) is 2. The first-order valence-corrected chi connectivity index (χ1v) is 6.83. The number of para-hydroxylation sites is 1. The Kier molecular flexibility index (Phi) is 2.30. The summed E-state index contributed by atoms with van der Waals surface area (Å²) in [5.74, 6) is 1.08. The molecule has 3 heteroatoms. The van der Waals surface area contributed by atoms with Crippen molar-refractivity contribution >= 4 is 10.9 Å². The van der Waals surface area contributed by atoms with Gasteiger partial charge in [0.05, 0.1) is 13.5 Å². The van der Waals surface area contributed by atoms with E-state index < -0.39 is 0 Å². The highest BCUT2D eigenvalue weighted by Gasteiger charge is 2.26. The molecule has 1 aromatic heterocycles. The van der Waals surface area contributed by atoms with Crippen molar-refractivity contribution in [3.8, 4) is 0 Å². The van der Waals surface area contributed by atoms with Crippen LogP contribution in [0.2, 0.25) is 0 Å². The number of aryl methyl sites for hydroxylation is 1. The molecule has 0 atom stereocenters. The Morgan fingerprint density at radius 3 is 2.55 bits per heavy atom. The van der Waals surface area contributed by atoms with Gasteiger partial charge in [-0.05, 0) is 23.3 Å². The normalized spacial score (nSPS) is 13.1. The van der Waals surface area contributed by atoms with Crippen molar-refractivity contribution in [2.24, 2.45) is 7.05 Å². The molecule has 3 aromatic rings. The van der Waals surface area contributed by atoms with Crippen LogP contribution in [0.1, 0.15) is 17.0 Å². The van der Waals surface area contributed by atoms with E-state index in [0.717, 1.165) is 23.1 Å². The topological polar surface area (TPSA) is 25.9 Å². The van der Waals surface area contributed by atoms with Crippen LogP contribution >= 0.6 is 0 Å². The second-order valence-electron chi connectivity index (χ2n) is 5.33. The van der Waals surface area contributed by atoms with Gasteiger partial charge in [-0.2, -0.15) is 4.57 Å². The molecule has 0 radical (unpaired) electrons. The minimum absolute atomic E-state index is 0.114. The minimum Gasteiger partial charge on any atom is -0.241 e. The Labute approximate surface area is 116 Å². The Bertz CT molecular complexity index is 893. The van der Waals surface area contributed by atoms with Crippen LogP contribution in [0.25, 0.3) is 10.9 Å². The van der Waals surface area contributed by atoms with Crippen molar-refractivity contribution in [2.75, 3.05) is 0 Å². The number of fused-ring (bicyclic) bond motifs is 3. The zero-order valence-corrected chi connectivity index (χ0v) is 11.3. The van der Waals surface area contributed by atoms with Crippen LogP contribution in [0.3, 0.4) is 0 Å². The van der Waals surface area contributed by atoms with Gasteiger partial charge in [0.2, 0.25) is 0 Å². The van der Waals surface area contributed by atoms with Gasteiger partial charge in [-0.25, -0.2) is 9.36 Å². The lowest BCUT2D eigenvalue weighted by Gasteiger charge is -2.18. The van der Waals surface area contributed by atoms with Gasteiger partial charge in [0.25, 0.3) is 5.82 Å². The summed E-state index contributed by atoms with van der Waals surface area (Å²) in [5.41, 5.74) is 3.68. The second-order valence-corrected chi connectivity index (χ2v) is 5.33. The summed E-state index contributed by atoms with van der Waals surface area (Å²) in [6.45, 7) is 0.670. The molecule has 0 saturated carbocycles. The molecule has 20 heavy (non-hydrogen) atoms. The molecule has 3 nitrogen and oxygen atoms in total. The number of rotatable bonds is 0. The van der Waals surface area contributed by atoms with Crippen molar-refractivity contribution < 1.29 is 4.57 Å². The van der Waals surface area contributed by atoms with Crippen molar-refractivity contribution in [3.63, 3.8) is 0 Å². The van der Waals surface area contributed by atoms with E-state index in [1.54, 1.807) is 0 Å². The third-order valence-corrected chi connectivity index (χ3v) is 4.24. The van der Waals surface area contributed by atoms with Gasteiger partial charge >= 0.3 is 5.56 Å². The second kappa shape index (κ2) is 4.04. The molecule has 2 heterocycles. The fraction of sp³-hybridized carbons (Fsp3) is 0.176. The summed E-state index contributed by atoms with van der Waals surface area (Å²) < 4.78 is 4.05. The zero-order valence-electron chi connectivity index (χ0n) is 11.3. The van der Waals surface area contributed by atoms with E-state index in [1.807, 2.05) is 41.9 Å². The third-order valence-electron chi connectivity index (χ3n) is 4.24. The smallest absolute Gasteiger partial charge is 0.241 e. The molecule has 2 aromatic carbocycles. The lowest BCUT2D eigenvalue weighted by molar-refractivity contribution is -0.657. The van der Waals surface area contributed by atoms with Gasteiger partial charge in [-0.15, -0.1) is 0 Å². The molecule has 1 aliphatic rings. The fourth-order valence-corrected chi connectivity index (χ4v) is 3.13. The van der Waals surface area contributed by atoms with E-state index >= 15 is 0 Å². The molecule has 0 spiro atoms. The highest BCUT2D eigenvalue weighted by atomic mass is 16.1. The Balaban J connectivity index is 2.07. The molecule has 0 amide bonds. The number of hydrogen-bond acceptors (Lipinski definition) is 1. The Morgan fingerprint density at radius 2 is 1.70 bits per heavy atom. The predicted octanol–water partition coefficient (Wildman–Crippen LogP) is 1.78. The van der Waals surface area contributed by atoms with E-state index in [-0.39, 0.29) is 5.56 Å². The number of aromatic nitrogens is 2. The largest absolute Gasteiger partial charge is 0.345 e. The van der Waals surface area contributed by atoms with E-state index in [4.69, 9.17) is 0 Å². The summed E-state index contributed by atoms with van der Waals surface area (Å²) in [6, 6.07) is 16.2. The van der Waals surface area contributed by atoms with Crippen LogP contribution in [0.15, 0.2) is 53.3 Å². The molecule has 4 rings (SSSR count). The predicted molar refractivity (Wildman–Crippen MR) is 77.7 cm³/mol. The highest BCUT2D eigenvalue weighted by molar-refractivity contribution is 5.74. The third kappa shape index (κ3) is 1.46. The van der Waals surface area contributed by atoms with Gasteiger partial charge in [-0.1, -0.05) is 36.4 Å². The quantitative estimate of drug-likeness (QED) is 0.444. The van der Waals surface area contributed by atoms with Crippen LogP contribution < -0.4 is 10.1 Å². The molecule has 0 unspecified atom stereocenters. The van der Waals surface area contributed by atoms with Gasteiger partial charge < -0.3 is 0 Å². The molecule has 0 bridgehead atoms. The molecular weight excluding hydrogens is 248 g/mol. The van der Waals surface area contributed by atoms with Crippen molar-refractivity contribution in [1.82, 2.24) is 4.57 Å². The van der Waals surface area contributed by atoms with Crippen molar-refractivity contribution in [1.29, 1.82) is 0 Å². The molecular formula is C17H15N2O+. The Hall–Kier alpha value is -2.42. The summed E-state index contributed by atoms with van der Waals surface area (Å²) in [4.78, 5) is 12.7. The summed E-state index contributed by atoms with van der Waals surface area (Å²) in [7, 11) is 2.04. The molecule has 0 aliphatic carbocycles. The van der Waals surface area contributed by atoms with Crippen molar-refractivity contribution in [2.45, 2.75) is 13.0 Å². The zero-order chi connectivity index (χ0) is 13.7. The first-order valence-electron chi connectivity index (χ1n) is 6.83. The average molecular weight is 263 g/mol. The molecule has 1 aliphatic heterocycles. The average Bonchev–Trinajstić information content (AvgIpc) is 2.51. The fourth-order valence-electron chi connectivity index (χ4n) is 3.13. The maximum absolute atomic E-state index is 12.7. The summed E-state index contributed by atoms with van der Waals surface area (Å²) >= 11 is 0. The Morgan fingerprint density at radius 1 is 1.00 bits per heavy atom. The van der Waals surface area contributed by atoms with E-state index in [0.29, 0.717) is 6.54 Å². The number of hydrogen-bond donors (Lipinski definition) is 0. The molecule has 0 fully saturated rings. The monoisotopic (exact) mass is 263 g/mol. The van der Waals surface area contributed by atoms with Crippen LogP contribution in [-0.2, 0) is 20.0 Å². The molecule has 98 valence electrons. The van der Waals surface area contributed by atoms with Gasteiger partial charge in [0, 0.05) is 0 Å². The van der Waals surface area contributed by atoms with Gasteiger partial charge in [-0.3, -0.25) is 0 Å². The summed E-state index contributed by atoms with van der Waals surface area (Å²) in [6.07, 6.45) is 0.812. The molecule has 0 N–H and O–H groups in total.